The van der Waals surface area contributed by atoms with Gasteiger partial charge < -0.3 is 5.32 Å². The second-order valence-corrected chi connectivity index (χ2v) is 5.02. The van der Waals surface area contributed by atoms with E-state index < -0.39 is 0 Å². The van der Waals surface area contributed by atoms with Crippen LogP contribution in [-0.2, 0) is 0 Å². The summed E-state index contributed by atoms with van der Waals surface area (Å²) < 4.78 is 0. The number of hydrogen-bond donors (Lipinski definition) is 1. The zero-order valence-electron chi connectivity index (χ0n) is 9.62. The van der Waals surface area contributed by atoms with Crippen LogP contribution in [0.3, 0.4) is 0 Å². The predicted molar refractivity (Wildman–Crippen MR) is 71.6 cm³/mol. The number of nitrogens with zero attached hydrogens (tertiary/aromatic N) is 1. The van der Waals surface area contributed by atoms with Gasteiger partial charge in [-0.3, -0.25) is 4.98 Å². The molecule has 0 spiro atoms. The third-order valence-corrected chi connectivity index (χ3v) is 3.75. The number of fused-ring (bicyclic) bond motifs is 1. The molecule has 0 radical (unpaired) electrons. The number of hydrogen-bond acceptors (Lipinski definition) is 2. The van der Waals surface area contributed by atoms with Crippen molar-refractivity contribution >= 4 is 22.5 Å². The van der Waals surface area contributed by atoms with E-state index in [9.17, 15) is 0 Å². The lowest BCUT2D eigenvalue weighted by atomic mass is 9.88. The summed E-state index contributed by atoms with van der Waals surface area (Å²) in [5, 5.41) is 5.42. The molecule has 1 aromatic carbocycles. The number of piperidine rings is 1. The van der Waals surface area contributed by atoms with Gasteiger partial charge >= 0.3 is 0 Å². The zero-order valence-corrected chi connectivity index (χ0v) is 10.4. The van der Waals surface area contributed by atoms with Crippen molar-refractivity contribution in [2.24, 2.45) is 0 Å². The van der Waals surface area contributed by atoms with Gasteiger partial charge in [-0.1, -0.05) is 17.7 Å². The fourth-order valence-corrected chi connectivity index (χ4v) is 2.80. The minimum Gasteiger partial charge on any atom is -0.317 e. The van der Waals surface area contributed by atoms with Crippen LogP contribution in [0.15, 0.2) is 30.5 Å². The standard InChI is InChI=1S/C14H15ClN2/c15-11-1-2-13-12(5-8-17-14(13)9-11)10-3-6-16-7-4-10/h1-2,5,8-10,16H,3-4,6-7H2. The predicted octanol–water partition coefficient (Wildman–Crippen LogP) is 3.36. The van der Waals surface area contributed by atoms with E-state index in [-0.39, 0.29) is 0 Å². The Labute approximate surface area is 106 Å². The molecule has 0 amide bonds. The van der Waals surface area contributed by atoms with E-state index in [1.807, 2.05) is 18.3 Å². The van der Waals surface area contributed by atoms with Crippen LogP contribution in [0.2, 0.25) is 5.02 Å². The van der Waals surface area contributed by atoms with Crippen molar-refractivity contribution in [2.45, 2.75) is 18.8 Å². The fourth-order valence-electron chi connectivity index (χ4n) is 2.63. The van der Waals surface area contributed by atoms with Crippen molar-refractivity contribution < 1.29 is 0 Å². The molecule has 1 saturated heterocycles. The highest BCUT2D eigenvalue weighted by Crippen LogP contribution is 2.31. The summed E-state index contributed by atoms with van der Waals surface area (Å²) in [4.78, 5) is 4.40. The molecule has 17 heavy (non-hydrogen) atoms. The molecule has 88 valence electrons. The Balaban J connectivity index is 2.09. The van der Waals surface area contributed by atoms with Gasteiger partial charge in [0.25, 0.3) is 0 Å². The van der Waals surface area contributed by atoms with Crippen molar-refractivity contribution in [2.75, 3.05) is 13.1 Å². The van der Waals surface area contributed by atoms with E-state index >= 15 is 0 Å². The molecule has 1 fully saturated rings. The average molecular weight is 247 g/mol. The van der Waals surface area contributed by atoms with Crippen LogP contribution in [0, 0.1) is 0 Å². The molecular weight excluding hydrogens is 232 g/mol. The maximum absolute atomic E-state index is 6.01. The number of pyridine rings is 1. The Morgan fingerprint density at radius 1 is 1.18 bits per heavy atom. The van der Waals surface area contributed by atoms with Gasteiger partial charge in [-0.25, -0.2) is 0 Å². The van der Waals surface area contributed by atoms with Crippen molar-refractivity contribution in [3.8, 4) is 0 Å². The van der Waals surface area contributed by atoms with Gasteiger partial charge in [0.15, 0.2) is 0 Å². The first-order valence-electron chi connectivity index (χ1n) is 6.09. The van der Waals surface area contributed by atoms with Crippen molar-refractivity contribution in [1.82, 2.24) is 10.3 Å². The first kappa shape index (κ1) is 11.0. The van der Waals surface area contributed by atoms with E-state index in [0.717, 1.165) is 23.6 Å². The highest BCUT2D eigenvalue weighted by atomic mass is 35.5. The minimum absolute atomic E-state index is 0.655. The van der Waals surface area contributed by atoms with Crippen LogP contribution in [-0.4, -0.2) is 18.1 Å². The molecule has 2 nitrogen and oxygen atoms in total. The summed E-state index contributed by atoms with van der Waals surface area (Å²) in [6.45, 7) is 2.23. The number of halogens is 1. The van der Waals surface area contributed by atoms with E-state index in [0.29, 0.717) is 5.92 Å². The summed E-state index contributed by atoms with van der Waals surface area (Å²) in [5.74, 6) is 0.655. The number of nitrogens with one attached hydrogen (secondary N) is 1. The molecule has 1 aromatic heterocycles. The first-order valence-corrected chi connectivity index (χ1v) is 6.47. The monoisotopic (exact) mass is 246 g/mol. The largest absolute Gasteiger partial charge is 0.317 e. The maximum atomic E-state index is 6.01. The van der Waals surface area contributed by atoms with E-state index in [4.69, 9.17) is 11.6 Å². The smallest absolute Gasteiger partial charge is 0.0719 e. The third kappa shape index (κ3) is 2.15. The second-order valence-electron chi connectivity index (χ2n) is 4.59. The number of aromatic nitrogens is 1. The summed E-state index contributed by atoms with van der Waals surface area (Å²) in [5.41, 5.74) is 2.43. The van der Waals surface area contributed by atoms with Crippen LogP contribution >= 0.6 is 11.6 Å². The summed E-state index contributed by atoms with van der Waals surface area (Å²) in [7, 11) is 0. The zero-order chi connectivity index (χ0) is 11.7. The number of rotatable bonds is 1. The molecular formula is C14H15ClN2. The molecule has 2 heterocycles. The lowest BCUT2D eigenvalue weighted by Gasteiger charge is -2.24. The Morgan fingerprint density at radius 2 is 2.00 bits per heavy atom. The van der Waals surface area contributed by atoms with E-state index in [2.05, 4.69) is 22.4 Å². The minimum atomic E-state index is 0.655. The van der Waals surface area contributed by atoms with Crippen LogP contribution in [0.5, 0.6) is 0 Å². The highest BCUT2D eigenvalue weighted by Gasteiger charge is 2.17. The molecule has 2 aromatic rings. The molecule has 0 bridgehead atoms. The van der Waals surface area contributed by atoms with Gasteiger partial charge in [0, 0.05) is 16.6 Å². The topological polar surface area (TPSA) is 24.9 Å². The van der Waals surface area contributed by atoms with Gasteiger partial charge in [-0.05, 0) is 55.6 Å². The molecule has 1 aliphatic rings. The highest BCUT2D eigenvalue weighted by molar-refractivity contribution is 6.31. The molecule has 0 atom stereocenters. The van der Waals surface area contributed by atoms with Crippen molar-refractivity contribution in [3.63, 3.8) is 0 Å². The molecule has 0 aliphatic carbocycles. The molecule has 3 rings (SSSR count). The first-order chi connectivity index (χ1) is 8.34. The van der Waals surface area contributed by atoms with Gasteiger partial charge in [0.1, 0.15) is 0 Å². The maximum Gasteiger partial charge on any atom is 0.0719 e. The molecule has 1 aliphatic heterocycles. The summed E-state index contributed by atoms with van der Waals surface area (Å²) in [6.07, 6.45) is 4.32. The van der Waals surface area contributed by atoms with Gasteiger partial charge in [0.05, 0.1) is 5.52 Å². The lowest BCUT2D eigenvalue weighted by molar-refractivity contribution is 0.462. The van der Waals surface area contributed by atoms with Crippen LogP contribution < -0.4 is 5.32 Å². The quantitative estimate of drug-likeness (QED) is 0.835. The van der Waals surface area contributed by atoms with Gasteiger partial charge in [-0.2, -0.15) is 0 Å². The molecule has 1 N–H and O–H groups in total. The summed E-state index contributed by atoms with van der Waals surface area (Å²) in [6, 6.07) is 8.16. The Bertz CT molecular complexity index is 533. The van der Waals surface area contributed by atoms with Crippen LogP contribution in [0.4, 0.5) is 0 Å². The fraction of sp³-hybridized carbons (Fsp3) is 0.357. The SMILES string of the molecule is Clc1ccc2c(C3CCNCC3)ccnc2c1. The number of benzene rings is 1. The van der Waals surface area contributed by atoms with Gasteiger partial charge in [0.2, 0.25) is 0 Å². The molecule has 0 unspecified atom stereocenters. The van der Waals surface area contributed by atoms with Crippen LogP contribution in [0.1, 0.15) is 24.3 Å². The van der Waals surface area contributed by atoms with Gasteiger partial charge in [-0.15, -0.1) is 0 Å². The molecule has 3 heteroatoms. The Hall–Kier alpha value is -1.12. The van der Waals surface area contributed by atoms with Crippen molar-refractivity contribution in [1.29, 1.82) is 0 Å². The Kier molecular flexibility index (Phi) is 3.00. The van der Waals surface area contributed by atoms with E-state index in [1.165, 1.54) is 23.8 Å². The second kappa shape index (κ2) is 4.63. The normalized spacial score (nSPS) is 17.5. The molecule has 0 saturated carbocycles. The summed E-state index contributed by atoms with van der Waals surface area (Å²) >= 11 is 6.01. The average Bonchev–Trinajstić information content (AvgIpc) is 2.39. The van der Waals surface area contributed by atoms with E-state index in [1.54, 1.807) is 0 Å². The lowest BCUT2D eigenvalue weighted by Crippen LogP contribution is -2.26. The Morgan fingerprint density at radius 3 is 2.82 bits per heavy atom. The third-order valence-electron chi connectivity index (χ3n) is 3.52. The van der Waals surface area contributed by atoms with Crippen LogP contribution in [0.25, 0.3) is 10.9 Å². The van der Waals surface area contributed by atoms with Crippen molar-refractivity contribution in [3.05, 3.63) is 41.0 Å².